The van der Waals surface area contributed by atoms with Gasteiger partial charge in [0.1, 0.15) is 5.75 Å². The molecular weight excluding hydrogens is 336 g/mol. The molecule has 0 saturated carbocycles. The number of aromatic nitrogens is 1. The third kappa shape index (κ3) is 4.73. The Morgan fingerprint density at radius 3 is 2.38 bits per heavy atom. The zero-order chi connectivity index (χ0) is 19.1. The molecule has 0 fully saturated rings. The van der Waals surface area contributed by atoms with E-state index in [0.717, 1.165) is 25.1 Å². The van der Waals surface area contributed by atoms with Gasteiger partial charge in [0.15, 0.2) is 0 Å². The number of hydrogen-bond acceptors (Lipinski definition) is 4. The van der Waals surface area contributed by atoms with Crippen molar-refractivity contribution in [2.75, 3.05) is 13.7 Å². The fraction of sp³-hybridized carbons (Fsp3) is 0.263. The Kier molecular flexibility index (Phi) is 6.57. The summed E-state index contributed by atoms with van der Waals surface area (Å²) in [4.78, 5) is 19.1. The number of methoxy groups -OCH3 is 1. The first kappa shape index (κ1) is 19.3. The lowest BCUT2D eigenvalue weighted by Crippen LogP contribution is -2.12. The van der Waals surface area contributed by atoms with E-state index in [0.29, 0.717) is 18.7 Å². The average molecular weight is 358 g/mol. The number of rotatable bonds is 5. The quantitative estimate of drug-likeness (QED) is 0.704. The molecule has 1 aliphatic carbocycles. The number of carboxylic acids is 2. The molecule has 0 spiro atoms. The number of aliphatic carboxylic acids is 2. The molecule has 1 aliphatic rings. The maximum Gasteiger partial charge on any atom is 0.328 e. The van der Waals surface area contributed by atoms with Crippen molar-refractivity contribution >= 4 is 11.9 Å². The van der Waals surface area contributed by atoms with Crippen LogP contribution in [0.1, 0.15) is 11.1 Å². The van der Waals surface area contributed by atoms with Crippen molar-refractivity contribution in [2.45, 2.75) is 19.4 Å². The van der Waals surface area contributed by atoms with Crippen LogP contribution in [0, 0.1) is 0 Å². The molecule has 7 nitrogen and oxygen atoms in total. The second kappa shape index (κ2) is 8.87. The first-order valence-electron chi connectivity index (χ1n) is 8.15. The summed E-state index contributed by atoms with van der Waals surface area (Å²) in [7, 11) is 1.71. The van der Waals surface area contributed by atoms with Gasteiger partial charge in [-0.15, -0.1) is 0 Å². The maximum atomic E-state index is 9.55. The van der Waals surface area contributed by atoms with Crippen molar-refractivity contribution in [1.29, 1.82) is 0 Å². The Hall–Kier alpha value is -3.06. The van der Waals surface area contributed by atoms with Crippen molar-refractivity contribution in [1.82, 2.24) is 4.57 Å². The number of aryl methyl sites for hydroxylation is 2. The minimum Gasteiger partial charge on any atom is -0.497 e. The largest absolute Gasteiger partial charge is 0.497 e. The number of nitrogens with zero attached hydrogens (tertiary/aromatic N) is 1. The molecule has 0 aliphatic heterocycles. The van der Waals surface area contributed by atoms with Crippen molar-refractivity contribution in [3.05, 3.63) is 53.7 Å². The highest BCUT2D eigenvalue weighted by Gasteiger charge is 2.20. The number of fused-ring (bicyclic) bond motifs is 3. The number of carboxylic acid groups (broad SMARTS) is 2. The van der Waals surface area contributed by atoms with Gasteiger partial charge in [-0.2, -0.15) is 0 Å². The number of nitrogens with two attached hydrogens (primary N) is 1. The summed E-state index contributed by atoms with van der Waals surface area (Å²) < 4.78 is 7.59. The zero-order valence-corrected chi connectivity index (χ0v) is 14.5. The highest BCUT2D eigenvalue weighted by atomic mass is 16.5. The van der Waals surface area contributed by atoms with E-state index in [4.69, 9.17) is 20.7 Å². The van der Waals surface area contributed by atoms with Gasteiger partial charge < -0.3 is 25.3 Å². The molecule has 0 amide bonds. The number of benzene rings is 1. The third-order valence-corrected chi connectivity index (χ3v) is 4.02. The fourth-order valence-corrected chi connectivity index (χ4v) is 2.91. The van der Waals surface area contributed by atoms with E-state index in [1.165, 1.54) is 22.4 Å². The molecule has 0 bridgehead atoms. The van der Waals surface area contributed by atoms with Gasteiger partial charge in [-0.1, -0.05) is 6.07 Å². The summed E-state index contributed by atoms with van der Waals surface area (Å²) in [6.07, 6.45) is 5.49. The van der Waals surface area contributed by atoms with E-state index in [2.05, 4.69) is 29.0 Å². The normalized spacial score (nSPS) is 11.9. The van der Waals surface area contributed by atoms with E-state index in [1.807, 2.05) is 6.07 Å². The van der Waals surface area contributed by atoms with E-state index in [9.17, 15) is 9.59 Å². The molecular formula is C19H22N2O5. The van der Waals surface area contributed by atoms with Crippen molar-refractivity contribution in [3.8, 4) is 17.0 Å². The molecule has 3 rings (SSSR count). The van der Waals surface area contributed by atoms with Gasteiger partial charge in [-0.3, -0.25) is 0 Å². The Balaban J connectivity index is 0.000000260. The van der Waals surface area contributed by atoms with Crippen LogP contribution in [0.3, 0.4) is 0 Å². The minimum absolute atomic E-state index is 0.558. The van der Waals surface area contributed by atoms with Crippen LogP contribution in [0.4, 0.5) is 0 Å². The predicted octanol–water partition coefficient (Wildman–Crippen LogP) is 1.93. The molecule has 1 aromatic heterocycles. The first-order chi connectivity index (χ1) is 12.5. The van der Waals surface area contributed by atoms with Gasteiger partial charge in [-0.25, -0.2) is 9.59 Å². The number of hydrogen-bond donors (Lipinski definition) is 3. The number of ether oxygens (including phenoxy) is 1. The lowest BCUT2D eigenvalue weighted by Gasteiger charge is -2.20. The molecule has 0 radical (unpaired) electrons. The molecule has 7 heteroatoms. The van der Waals surface area contributed by atoms with Gasteiger partial charge in [0, 0.05) is 37.0 Å². The predicted molar refractivity (Wildman–Crippen MR) is 97.3 cm³/mol. The zero-order valence-electron chi connectivity index (χ0n) is 14.5. The smallest absolute Gasteiger partial charge is 0.328 e. The van der Waals surface area contributed by atoms with E-state index < -0.39 is 11.9 Å². The Labute approximate surface area is 151 Å². The Morgan fingerprint density at radius 1 is 1.15 bits per heavy atom. The first-order valence-corrected chi connectivity index (χ1v) is 8.15. The van der Waals surface area contributed by atoms with E-state index >= 15 is 0 Å². The molecule has 26 heavy (non-hydrogen) atoms. The second-order valence-electron chi connectivity index (χ2n) is 5.70. The van der Waals surface area contributed by atoms with Crippen molar-refractivity contribution in [3.63, 3.8) is 0 Å². The van der Waals surface area contributed by atoms with Crippen molar-refractivity contribution < 1.29 is 24.5 Å². The highest BCUT2D eigenvalue weighted by molar-refractivity contribution is 5.89. The van der Waals surface area contributed by atoms with Crippen LogP contribution < -0.4 is 10.5 Å². The lowest BCUT2D eigenvalue weighted by atomic mass is 9.90. The fourth-order valence-electron chi connectivity index (χ4n) is 2.91. The van der Waals surface area contributed by atoms with Crippen LogP contribution in [-0.2, 0) is 29.0 Å². The summed E-state index contributed by atoms with van der Waals surface area (Å²) in [6, 6.07) is 8.57. The molecule has 138 valence electrons. The second-order valence-corrected chi connectivity index (χ2v) is 5.70. The lowest BCUT2D eigenvalue weighted by molar-refractivity contribution is -0.134. The molecule has 0 saturated heterocycles. The maximum absolute atomic E-state index is 9.55. The summed E-state index contributed by atoms with van der Waals surface area (Å²) >= 11 is 0. The molecule has 0 atom stereocenters. The number of carbonyl (C=O) groups is 2. The van der Waals surface area contributed by atoms with Crippen LogP contribution in [0.5, 0.6) is 5.75 Å². The van der Waals surface area contributed by atoms with Gasteiger partial charge in [0.05, 0.1) is 12.8 Å². The van der Waals surface area contributed by atoms with Gasteiger partial charge in [-0.05, 0) is 42.2 Å². The summed E-state index contributed by atoms with van der Waals surface area (Å²) in [5.41, 5.74) is 11.1. The van der Waals surface area contributed by atoms with Crippen molar-refractivity contribution in [2.24, 2.45) is 5.73 Å². The average Bonchev–Trinajstić information content (AvgIpc) is 3.04. The van der Waals surface area contributed by atoms with Gasteiger partial charge in [0.2, 0.25) is 0 Å². The van der Waals surface area contributed by atoms with E-state index in [-0.39, 0.29) is 0 Å². The molecule has 0 unspecified atom stereocenters. The van der Waals surface area contributed by atoms with Crippen LogP contribution in [-0.4, -0.2) is 40.4 Å². The van der Waals surface area contributed by atoms with E-state index in [1.54, 1.807) is 7.11 Å². The standard InChI is InChI=1S/C15H18N2O.C4H4O4/c1-18-13-5-4-11-2-3-12-6-8-17(9-7-16)15(12)14(11)10-13;5-3(6)1-2-4(7)8/h4-6,8,10H,2-3,7,9,16H2,1H3;1-2H,(H,5,6)(H,7,8)/b;2-1+. The van der Waals surface area contributed by atoms with Gasteiger partial charge >= 0.3 is 11.9 Å². The monoisotopic (exact) mass is 358 g/mol. The van der Waals surface area contributed by atoms with Crippen LogP contribution in [0.25, 0.3) is 11.3 Å². The molecule has 1 heterocycles. The summed E-state index contributed by atoms with van der Waals surface area (Å²) in [5, 5.41) is 15.6. The minimum atomic E-state index is -1.26. The molecule has 1 aromatic carbocycles. The Morgan fingerprint density at radius 2 is 1.81 bits per heavy atom. The Bertz CT molecular complexity index is 807. The summed E-state index contributed by atoms with van der Waals surface area (Å²) in [6.45, 7) is 1.53. The van der Waals surface area contributed by atoms with Crippen LogP contribution >= 0.6 is 0 Å². The molecule has 4 N–H and O–H groups in total. The van der Waals surface area contributed by atoms with Gasteiger partial charge in [0.25, 0.3) is 0 Å². The SMILES string of the molecule is COc1ccc2c(c1)-c1c(ccn1CCN)CC2.O=C(O)/C=C/C(=O)O. The summed E-state index contributed by atoms with van der Waals surface area (Å²) in [5.74, 6) is -1.60. The molecule has 2 aromatic rings. The third-order valence-electron chi connectivity index (χ3n) is 4.02. The highest BCUT2D eigenvalue weighted by Crippen LogP contribution is 2.36. The van der Waals surface area contributed by atoms with Crippen LogP contribution in [0.2, 0.25) is 0 Å². The van der Waals surface area contributed by atoms with Crippen LogP contribution in [0.15, 0.2) is 42.6 Å². The topological polar surface area (TPSA) is 115 Å².